The van der Waals surface area contributed by atoms with Gasteiger partial charge < -0.3 is 30.4 Å². The van der Waals surface area contributed by atoms with E-state index in [0.717, 1.165) is 31.1 Å². The van der Waals surface area contributed by atoms with E-state index in [0.29, 0.717) is 18.5 Å². The number of aromatic hydroxyl groups is 1. The Bertz CT molecular complexity index is 1570. The standard InChI is InChI=1S/C30H32F2N6O5/c1-38-11-10-35-28(38)20-14-19(37-18-5-3-4-17(12-18)30(40)41-2)7-9-23(20)42-26-21(31)15-36-29(25(26)32)43-24-13-16(27(33)34)6-8-22(24)39/h6-10,13-15,17-18,28,37,39H,3-5,11-12H2,1-2H3,(H3,33,34). The van der Waals surface area contributed by atoms with Gasteiger partial charge >= 0.3 is 5.97 Å². The summed E-state index contributed by atoms with van der Waals surface area (Å²) in [5.41, 5.74) is 7.03. The van der Waals surface area contributed by atoms with Crippen LogP contribution in [0.25, 0.3) is 0 Å². The minimum atomic E-state index is -1.24. The highest BCUT2D eigenvalue weighted by atomic mass is 19.1. The first-order valence-electron chi connectivity index (χ1n) is 13.7. The molecule has 1 saturated carbocycles. The first kappa shape index (κ1) is 29.7. The number of nitrogens with two attached hydrogens (primary N) is 1. The van der Waals surface area contributed by atoms with Crippen molar-refractivity contribution >= 4 is 23.7 Å². The van der Waals surface area contributed by atoms with Gasteiger partial charge in [-0.1, -0.05) is 6.42 Å². The number of anilines is 1. The number of pyridine rings is 1. The number of phenolic OH excluding ortho intramolecular Hbond substituents is 1. The summed E-state index contributed by atoms with van der Waals surface area (Å²) >= 11 is 0. The van der Waals surface area contributed by atoms with Crippen LogP contribution in [0.1, 0.15) is 43.0 Å². The molecular weight excluding hydrogens is 562 g/mol. The van der Waals surface area contributed by atoms with Crippen LogP contribution in [-0.2, 0) is 9.53 Å². The quantitative estimate of drug-likeness (QED) is 0.151. The smallest absolute Gasteiger partial charge is 0.308 e. The van der Waals surface area contributed by atoms with Gasteiger partial charge in [0.1, 0.15) is 17.8 Å². The topological polar surface area (TPSA) is 155 Å². The zero-order valence-electron chi connectivity index (χ0n) is 23.6. The Morgan fingerprint density at radius 3 is 2.70 bits per heavy atom. The van der Waals surface area contributed by atoms with Crippen LogP contribution in [0.2, 0.25) is 0 Å². The summed E-state index contributed by atoms with van der Waals surface area (Å²) in [5.74, 6) is -4.83. The van der Waals surface area contributed by atoms with Crippen molar-refractivity contribution in [3.8, 4) is 28.9 Å². The van der Waals surface area contributed by atoms with Crippen LogP contribution in [0.4, 0.5) is 14.5 Å². The summed E-state index contributed by atoms with van der Waals surface area (Å²) in [6, 6.07) is 9.05. The number of hydrogen-bond acceptors (Lipinski definition) is 10. The minimum Gasteiger partial charge on any atom is -0.504 e. The van der Waals surface area contributed by atoms with Gasteiger partial charge in [0, 0.05) is 35.6 Å². The zero-order chi connectivity index (χ0) is 30.7. The van der Waals surface area contributed by atoms with Crippen molar-refractivity contribution < 1.29 is 32.9 Å². The molecule has 2 aliphatic rings. The Kier molecular flexibility index (Phi) is 8.71. The van der Waals surface area contributed by atoms with Crippen molar-refractivity contribution in [2.75, 3.05) is 26.0 Å². The lowest BCUT2D eigenvalue weighted by Gasteiger charge is -2.29. The number of benzene rings is 2. The van der Waals surface area contributed by atoms with Crippen molar-refractivity contribution in [3.63, 3.8) is 0 Å². The van der Waals surface area contributed by atoms with Crippen LogP contribution < -0.4 is 20.5 Å². The van der Waals surface area contributed by atoms with Gasteiger partial charge in [0.15, 0.2) is 17.3 Å². The molecule has 5 rings (SSSR count). The van der Waals surface area contributed by atoms with Gasteiger partial charge in [0.2, 0.25) is 11.6 Å². The number of phenols is 1. The number of nitrogens with zero attached hydrogens (tertiary/aromatic N) is 3. The number of carbonyl (C=O) groups excluding carboxylic acids is 1. The lowest BCUT2D eigenvalue weighted by Crippen LogP contribution is -2.31. The van der Waals surface area contributed by atoms with Gasteiger partial charge in [-0.15, -0.1) is 0 Å². The van der Waals surface area contributed by atoms with Crippen molar-refractivity contribution in [3.05, 3.63) is 65.4 Å². The number of nitrogen functional groups attached to an aromatic ring is 1. The maximum atomic E-state index is 15.6. The van der Waals surface area contributed by atoms with Gasteiger partial charge in [-0.3, -0.25) is 20.1 Å². The normalized spacial score (nSPS) is 20.0. The molecule has 13 heteroatoms. The Labute approximate surface area is 246 Å². The Morgan fingerprint density at radius 1 is 1.16 bits per heavy atom. The first-order chi connectivity index (χ1) is 20.6. The summed E-state index contributed by atoms with van der Waals surface area (Å²) < 4.78 is 46.8. The fourth-order valence-electron chi connectivity index (χ4n) is 5.25. The fraction of sp³-hybridized carbons (Fsp3) is 0.333. The highest BCUT2D eigenvalue weighted by Gasteiger charge is 2.30. The van der Waals surface area contributed by atoms with E-state index in [4.69, 9.17) is 25.4 Å². The maximum Gasteiger partial charge on any atom is 0.308 e. The number of methoxy groups -OCH3 is 1. The Hall–Kier alpha value is -4.78. The van der Waals surface area contributed by atoms with Crippen molar-refractivity contribution in [2.24, 2.45) is 16.6 Å². The van der Waals surface area contributed by atoms with Crippen LogP contribution in [0.5, 0.6) is 28.9 Å². The molecule has 3 atom stereocenters. The average molecular weight is 595 g/mol. The SMILES string of the molecule is COC(=O)C1CCCC(Nc2ccc(Oc3c(F)cnc(Oc4cc(C(=N)N)ccc4O)c3F)c(C3N=CCN3C)c2)C1. The fourth-order valence-corrected chi connectivity index (χ4v) is 5.25. The van der Waals surface area contributed by atoms with Crippen molar-refractivity contribution in [1.82, 2.24) is 9.88 Å². The predicted octanol–water partition coefficient (Wildman–Crippen LogP) is 5.09. The number of nitrogens with one attached hydrogen (secondary N) is 2. The van der Waals surface area contributed by atoms with E-state index in [1.54, 1.807) is 18.3 Å². The maximum absolute atomic E-state index is 15.6. The molecule has 43 heavy (non-hydrogen) atoms. The molecular formula is C30H32F2N6O5. The number of halogens is 2. The number of amidine groups is 1. The lowest BCUT2D eigenvalue weighted by atomic mass is 9.85. The second-order valence-corrected chi connectivity index (χ2v) is 10.5. The summed E-state index contributed by atoms with van der Waals surface area (Å²) in [5, 5.41) is 21.2. The van der Waals surface area contributed by atoms with Crippen molar-refractivity contribution in [1.29, 1.82) is 5.41 Å². The highest BCUT2D eigenvalue weighted by molar-refractivity contribution is 5.95. The summed E-state index contributed by atoms with van der Waals surface area (Å²) in [6.07, 6.45) is 5.19. The van der Waals surface area contributed by atoms with E-state index < -0.39 is 29.4 Å². The second-order valence-electron chi connectivity index (χ2n) is 10.5. The average Bonchev–Trinajstić information content (AvgIpc) is 3.43. The van der Waals surface area contributed by atoms with Crippen LogP contribution in [0.15, 0.2) is 47.6 Å². The van der Waals surface area contributed by atoms with Gasteiger partial charge in [0.05, 0.1) is 19.2 Å². The third-order valence-electron chi connectivity index (χ3n) is 7.49. The van der Waals surface area contributed by atoms with Gasteiger partial charge in [-0.2, -0.15) is 4.39 Å². The Morgan fingerprint density at radius 2 is 1.98 bits per heavy atom. The van der Waals surface area contributed by atoms with E-state index in [1.165, 1.54) is 25.3 Å². The first-order valence-corrected chi connectivity index (χ1v) is 13.7. The molecule has 11 nitrogen and oxygen atoms in total. The molecule has 0 amide bonds. The largest absolute Gasteiger partial charge is 0.504 e. The molecule has 1 aliphatic heterocycles. The summed E-state index contributed by atoms with van der Waals surface area (Å²) in [4.78, 5) is 22.3. The molecule has 0 bridgehead atoms. The summed E-state index contributed by atoms with van der Waals surface area (Å²) in [6.45, 7) is 0.573. The van der Waals surface area contributed by atoms with Gasteiger partial charge in [0.25, 0.3) is 5.88 Å². The van der Waals surface area contributed by atoms with Crippen molar-refractivity contribution in [2.45, 2.75) is 37.9 Å². The van der Waals surface area contributed by atoms with Crippen LogP contribution in [0, 0.1) is 23.0 Å². The molecule has 2 aromatic carbocycles. The van der Waals surface area contributed by atoms with E-state index in [9.17, 15) is 14.3 Å². The molecule has 0 spiro atoms. The molecule has 0 saturated heterocycles. The molecule has 1 fully saturated rings. The minimum absolute atomic E-state index is 0.0370. The molecule has 2 heterocycles. The lowest BCUT2D eigenvalue weighted by molar-refractivity contribution is -0.146. The number of hydrogen-bond donors (Lipinski definition) is 4. The van der Waals surface area contributed by atoms with Crippen LogP contribution in [0.3, 0.4) is 0 Å². The number of aliphatic imine (C=N–C) groups is 1. The van der Waals surface area contributed by atoms with E-state index >= 15 is 4.39 Å². The molecule has 5 N–H and O–H groups in total. The summed E-state index contributed by atoms with van der Waals surface area (Å²) in [7, 11) is 3.26. The molecule has 3 aromatic rings. The number of aromatic nitrogens is 1. The third-order valence-corrected chi connectivity index (χ3v) is 7.49. The number of ether oxygens (including phenoxy) is 3. The predicted molar refractivity (Wildman–Crippen MR) is 155 cm³/mol. The third kappa shape index (κ3) is 6.51. The van der Waals surface area contributed by atoms with Gasteiger partial charge in [-0.05, 0) is 62.7 Å². The zero-order valence-corrected chi connectivity index (χ0v) is 23.6. The number of rotatable bonds is 9. The van der Waals surface area contributed by atoms with Crippen LogP contribution >= 0.6 is 0 Å². The van der Waals surface area contributed by atoms with E-state index in [1.807, 2.05) is 18.0 Å². The number of carbonyl (C=O) groups is 1. The van der Waals surface area contributed by atoms with E-state index in [-0.39, 0.29) is 46.6 Å². The second kappa shape index (κ2) is 12.6. The molecule has 226 valence electrons. The van der Waals surface area contributed by atoms with E-state index in [2.05, 4.69) is 15.3 Å². The number of esters is 1. The highest BCUT2D eigenvalue weighted by Crippen LogP contribution is 2.41. The molecule has 0 radical (unpaired) electrons. The Balaban J connectivity index is 1.44. The molecule has 1 aliphatic carbocycles. The van der Waals surface area contributed by atoms with Gasteiger partial charge in [-0.25, -0.2) is 9.37 Å². The van der Waals surface area contributed by atoms with Crippen LogP contribution in [-0.4, -0.2) is 59.8 Å². The monoisotopic (exact) mass is 594 g/mol. The molecule has 1 aromatic heterocycles. The molecule has 3 unspecified atom stereocenters.